The minimum Gasteiger partial charge on any atom is -0.310 e. The van der Waals surface area contributed by atoms with E-state index in [4.69, 9.17) is 21.6 Å². The molecule has 0 spiro atoms. The van der Waals surface area contributed by atoms with E-state index in [0.29, 0.717) is 15.7 Å². The number of rotatable bonds is 8. The van der Waals surface area contributed by atoms with E-state index in [-0.39, 0.29) is 0 Å². The first kappa shape index (κ1) is 29.6. The minimum atomic E-state index is 0.314. The highest BCUT2D eigenvalue weighted by molar-refractivity contribution is 8.25. The second-order valence-electron chi connectivity index (χ2n) is 10.2. The van der Waals surface area contributed by atoms with Crippen LogP contribution in [0.15, 0.2) is 121 Å². The number of benzene rings is 6. The zero-order valence-corrected chi connectivity index (χ0v) is 25.5. The van der Waals surface area contributed by atoms with Gasteiger partial charge in [-0.2, -0.15) is 5.26 Å². The average Bonchev–Trinajstić information content (AvgIpc) is 3.08. The summed E-state index contributed by atoms with van der Waals surface area (Å²) in [5.41, 5.74) is 9.45. The van der Waals surface area contributed by atoms with Crippen LogP contribution in [0.4, 0.5) is 17.1 Å². The zero-order valence-electron chi connectivity index (χ0n) is 23.9. The molecule has 8 heteroatoms. The highest BCUT2D eigenvalue weighted by atomic mass is 32.2. The third-order valence-electron chi connectivity index (χ3n) is 7.51. The lowest BCUT2D eigenvalue weighted by Gasteiger charge is -2.26. The molecule has 0 aliphatic rings. The van der Waals surface area contributed by atoms with E-state index in [1.807, 2.05) is 66.7 Å². The first-order valence-electron chi connectivity index (χ1n) is 13.9. The molecule has 6 nitrogen and oxygen atoms in total. The van der Waals surface area contributed by atoms with Crippen molar-refractivity contribution in [2.24, 2.45) is 0 Å². The van der Waals surface area contributed by atoms with Crippen LogP contribution in [0.5, 0.6) is 0 Å². The first-order valence-corrected chi connectivity index (χ1v) is 15.7. The van der Waals surface area contributed by atoms with Crippen LogP contribution >= 0.6 is 23.5 Å². The fraction of sp³-hybridized carbons (Fsp3) is 0. The zero-order chi connectivity index (χ0) is 31.3. The molecular formula is C37H26N6S2. The molecule has 0 unspecified atom stereocenters. The van der Waals surface area contributed by atoms with Gasteiger partial charge in [0, 0.05) is 28.2 Å². The molecule has 0 aliphatic heterocycles. The number of fused-ring (bicyclic) bond motifs is 2. The number of anilines is 3. The van der Waals surface area contributed by atoms with Gasteiger partial charge in [0.15, 0.2) is 0 Å². The predicted octanol–water partition coefficient (Wildman–Crippen LogP) is 10.3. The maximum absolute atomic E-state index is 9.23. The van der Waals surface area contributed by atoms with Crippen molar-refractivity contribution in [1.82, 2.24) is 0 Å². The summed E-state index contributed by atoms with van der Waals surface area (Å²) in [6.07, 6.45) is 0. The smallest absolute Gasteiger partial charge is 0.0999 e. The van der Waals surface area contributed by atoms with Crippen LogP contribution in [0.3, 0.4) is 0 Å². The van der Waals surface area contributed by atoms with E-state index in [1.54, 1.807) is 0 Å². The summed E-state index contributed by atoms with van der Waals surface area (Å²) in [4.78, 5) is 2.14. The van der Waals surface area contributed by atoms with E-state index in [9.17, 15) is 5.26 Å². The molecule has 45 heavy (non-hydrogen) atoms. The van der Waals surface area contributed by atoms with Gasteiger partial charge in [-0.3, -0.25) is 10.8 Å². The molecule has 0 bridgehead atoms. The molecule has 0 amide bonds. The summed E-state index contributed by atoms with van der Waals surface area (Å²) in [7, 11) is 0. The van der Waals surface area contributed by atoms with Gasteiger partial charge in [-0.05, 0) is 93.3 Å². The number of thioether (sulfide) groups is 2. The fourth-order valence-corrected chi connectivity index (χ4v) is 6.05. The van der Waals surface area contributed by atoms with E-state index in [1.165, 1.54) is 0 Å². The van der Waals surface area contributed by atoms with Crippen molar-refractivity contribution in [3.63, 3.8) is 0 Å². The summed E-state index contributed by atoms with van der Waals surface area (Å²) in [6, 6.07) is 42.6. The van der Waals surface area contributed by atoms with Gasteiger partial charge in [0.2, 0.25) is 0 Å². The van der Waals surface area contributed by atoms with Crippen molar-refractivity contribution >= 4 is 83.3 Å². The Bertz CT molecular complexity index is 2080. The Hall–Kier alpha value is -5.49. The molecule has 0 aromatic heterocycles. The van der Waals surface area contributed by atoms with Gasteiger partial charge in [-0.1, -0.05) is 84.2 Å². The van der Waals surface area contributed by atoms with Crippen molar-refractivity contribution in [2.75, 3.05) is 4.90 Å². The molecule has 0 radical (unpaired) electrons. The van der Waals surface area contributed by atoms with Crippen molar-refractivity contribution in [2.45, 2.75) is 0 Å². The monoisotopic (exact) mass is 618 g/mol. The summed E-state index contributed by atoms with van der Waals surface area (Å²) >= 11 is 2.13. The van der Waals surface area contributed by atoms with Crippen LogP contribution in [0.1, 0.15) is 16.7 Å². The summed E-state index contributed by atoms with van der Waals surface area (Å²) < 4.78 is 0. The van der Waals surface area contributed by atoms with E-state index < -0.39 is 0 Å². The van der Waals surface area contributed by atoms with Crippen molar-refractivity contribution in [3.8, 4) is 17.2 Å². The Morgan fingerprint density at radius 2 is 0.956 bits per heavy atom. The maximum Gasteiger partial charge on any atom is 0.0999 e. The molecular weight excluding hydrogens is 593 g/mol. The highest BCUT2D eigenvalue weighted by Gasteiger charge is 2.15. The van der Waals surface area contributed by atoms with Gasteiger partial charge in [0.05, 0.1) is 32.8 Å². The van der Waals surface area contributed by atoms with Crippen LogP contribution < -0.4 is 4.90 Å². The van der Waals surface area contributed by atoms with Crippen LogP contribution in [0.25, 0.3) is 32.7 Å². The number of hydrogen-bond donors (Lipinski definition) is 4. The van der Waals surface area contributed by atoms with Gasteiger partial charge in [0.1, 0.15) is 0 Å². The fourth-order valence-electron chi connectivity index (χ4n) is 5.27. The molecule has 0 heterocycles. The number of nitrogens with zero attached hydrogens (tertiary/aromatic N) is 2. The quantitative estimate of drug-likeness (QED) is 0.100. The van der Waals surface area contributed by atoms with Gasteiger partial charge >= 0.3 is 0 Å². The topological polar surface area (TPSA) is 122 Å². The Morgan fingerprint density at radius 1 is 0.533 bits per heavy atom. The maximum atomic E-state index is 9.23. The molecule has 6 rings (SSSR count). The first-order chi connectivity index (χ1) is 22.0. The Morgan fingerprint density at radius 3 is 1.44 bits per heavy atom. The van der Waals surface area contributed by atoms with Gasteiger partial charge in [0.25, 0.3) is 0 Å². The second kappa shape index (κ2) is 13.0. The number of nitriles is 1. The number of hydrogen-bond acceptors (Lipinski definition) is 8. The van der Waals surface area contributed by atoms with Gasteiger partial charge in [-0.25, -0.2) is 0 Å². The van der Waals surface area contributed by atoms with Crippen LogP contribution in [-0.2, 0) is 0 Å². The summed E-state index contributed by atoms with van der Waals surface area (Å²) in [6.45, 7) is 0. The molecule has 0 saturated heterocycles. The Kier molecular flexibility index (Phi) is 8.56. The largest absolute Gasteiger partial charge is 0.310 e. The molecule has 0 saturated carbocycles. The molecule has 0 fully saturated rings. The van der Waals surface area contributed by atoms with Crippen LogP contribution in [0.2, 0.25) is 0 Å². The van der Waals surface area contributed by atoms with Crippen LogP contribution in [0, 0.1) is 33.0 Å². The molecule has 216 valence electrons. The van der Waals surface area contributed by atoms with E-state index in [0.717, 1.165) is 95.5 Å². The molecule has 6 aromatic rings. The molecule has 0 aliphatic carbocycles. The normalized spacial score (nSPS) is 10.7. The summed E-state index contributed by atoms with van der Waals surface area (Å²) in [5, 5.41) is 45.2. The molecule has 6 aromatic carbocycles. The lowest BCUT2D eigenvalue weighted by atomic mass is 9.97. The minimum absolute atomic E-state index is 0.314. The van der Waals surface area contributed by atoms with Crippen molar-refractivity contribution in [1.29, 1.82) is 26.9 Å². The SMILES string of the molecule is N#Cc1ccc2cc(-c3ccc4cc(N(c5ccc(C(=N)SC=N)cc5)c5ccc(C(=N)SC=N)cc5)ccc4c3)ccc2c1. The third-order valence-corrected chi connectivity index (χ3v) is 8.69. The lowest BCUT2D eigenvalue weighted by molar-refractivity contribution is 1.28. The highest BCUT2D eigenvalue weighted by Crippen LogP contribution is 2.37. The van der Waals surface area contributed by atoms with Gasteiger partial charge < -0.3 is 15.7 Å². The van der Waals surface area contributed by atoms with Crippen LogP contribution in [-0.4, -0.2) is 21.2 Å². The Labute approximate surface area is 269 Å². The van der Waals surface area contributed by atoms with E-state index >= 15 is 0 Å². The van der Waals surface area contributed by atoms with Crippen molar-refractivity contribution in [3.05, 3.63) is 138 Å². The molecule has 4 N–H and O–H groups in total. The number of nitrogens with one attached hydrogen (secondary N) is 4. The third kappa shape index (κ3) is 6.27. The average molecular weight is 619 g/mol. The van der Waals surface area contributed by atoms with E-state index in [2.05, 4.69) is 65.6 Å². The molecule has 0 atom stereocenters. The van der Waals surface area contributed by atoms with Gasteiger partial charge in [-0.15, -0.1) is 0 Å². The standard InChI is InChI=1S/C37H26N6S2/c38-21-24-1-2-28-18-29(4-3-27(28)17-24)30-5-6-32-20-35(16-11-31(32)19-30)43(33-12-7-25(8-13-33)36(41)44-22-39)34-14-9-26(10-15-34)37(42)45-23-40/h1-20,22-23,39-42H. The Balaban J connectivity index is 1.38. The predicted molar refractivity (Wildman–Crippen MR) is 193 cm³/mol. The lowest BCUT2D eigenvalue weighted by Crippen LogP contribution is -2.10. The second-order valence-corrected chi connectivity index (χ2v) is 12.0. The summed E-state index contributed by atoms with van der Waals surface area (Å²) in [5.74, 6) is 0. The van der Waals surface area contributed by atoms with Crippen molar-refractivity contribution < 1.29 is 0 Å².